The van der Waals surface area contributed by atoms with Gasteiger partial charge in [0.05, 0.1) is 0 Å². The van der Waals surface area contributed by atoms with Crippen molar-refractivity contribution >= 4 is 0 Å². The molecule has 4 aromatic rings. The van der Waals surface area contributed by atoms with Crippen LogP contribution in [0, 0.1) is 17.9 Å². The van der Waals surface area contributed by atoms with Crippen LogP contribution in [0.3, 0.4) is 0 Å². The van der Waals surface area contributed by atoms with E-state index >= 15 is 0 Å². The predicted molar refractivity (Wildman–Crippen MR) is 107 cm³/mol. The van der Waals surface area contributed by atoms with Crippen LogP contribution >= 0.6 is 0 Å². The zero-order valence-corrected chi connectivity index (χ0v) is 18.2. The Labute approximate surface area is 184 Å². The number of pyridine rings is 3. The van der Waals surface area contributed by atoms with Gasteiger partial charge in [0.15, 0.2) is 0 Å². The first-order valence-corrected chi connectivity index (χ1v) is 8.99. The molecule has 0 aliphatic heterocycles. The van der Waals surface area contributed by atoms with Gasteiger partial charge in [-0.3, -0.25) is 0 Å². The van der Waals surface area contributed by atoms with Crippen LogP contribution < -0.4 is 0 Å². The molecule has 5 heteroatoms. The molecule has 3 aromatic heterocycles. The maximum Gasteiger partial charge on any atom is 2.00 e. The van der Waals surface area contributed by atoms with Gasteiger partial charge in [-0.1, -0.05) is 36.7 Å². The summed E-state index contributed by atoms with van der Waals surface area (Å²) < 4.78 is 13.6. The Bertz CT molecular complexity index is 1110. The molecule has 0 aliphatic carbocycles. The van der Waals surface area contributed by atoms with Gasteiger partial charge in [-0.05, 0) is 37.4 Å². The fraction of sp³-hybridized carbons (Fsp3) is 0.125. The Balaban J connectivity index is 0.00000240. The molecule has 0 atom stereocenters. The third kappa shape index (κ3) is 4.49. The molecule has 0 unspecified atom stereocenters. The molecular formula is C24H18FN3Pt. The van der Waals surface area contributed by atoms with Gasteiger partial charge in [0, 0.05) is 22.6 Å². The van der Waals surface area contributed by atoms with Crippen LogP contribution in [0.2, 0.25) is 0 Å². The number of benzene rings is 1. The standard InChI is InChI=1S/C24H18FN3.Pt/c1-24(2,23-13-5-11-21(28-23)18-8-6-14-26-16-18)22-12-4-10-20(27-22)17-7-3-9-19(25)15-17;/h3-6,9-16H,1-2H3;/q-2;+2. The van der Waals surface area contributed by atoms with Crippen LogP contribution in [0.5, 0.6) is 0 Å². The Morgan fingerprint density at radius 1 is 0.828 bits per heavy atom. The van der Waals surface area contributed by atoms with Crippen LogP contribution in [0.4, 0.5) is 4.39 Å². The largest absolute Gasteiger partial charge is 2.00 e. The monoisotopic (exact) mass is 562 g/mol. The summed E-state index contributed by atoms with van der Waals surface area (Å²) in [7, 11) is 0. The van der Waals surface area contributed by atoms with Crippen molar-refractivity contribution in [2.24, 2.45) is 0 Å². The fourth-order valence-corrected chi connectivity index (χ4v) is 3.05. The van der Waals surface area contributed by atoms with Crippen molar-refractivity contribution in [3.63, 3.8) is 0 Å². The normalized spacial score (nSPS) is 11.0. The average molecular weight is 563 g/mol. The van der Waals surface area contributed by atoms with Crippen LogP contribution in [0.15, 0.2) is 73.1 Å². The summed E-state index contributed by atoms with van der Waals surface area (Å²) in [6.45, 7) is 4.15. The topological polar surface area (TPSA) is 38.7 Å². The Morgan fingerprint density at radius 3 is 2.03 bits per heavy atom. The van der Waals surface area contributed by atoms with E-state index in [9.17, 15) is 4.39 Å². The van der Waals surface area contributed by atoms with Crippen molar-refractivity contribution in [1.82, 2.24) is 15.0 Å². The molecule has 146 valence electrons. The van der Waals surface area contributed by atoms with E-state index in [0.29, 0.717) is 11.3 Å². The van der Waals surface area contributed by atoms with Crippen molar-refractivity contribution < 1.29 is 25.5 Å². The van der Waals surface area contributed by atoms with Gasteiger partial charge in [0.25, 0.3) is 0 Å². The summed E-state index contributed by atoms with van der Waals surface area (Å²) in [6, 6.07) is 24.0. The molecule has 0 saturated heterocycles. The van der Waals surface area contributed by atoms with Gasteiger partial charge in [0.1, 0.15) is 0 Å². The van der Waals surface area contributed by atoms with Gasteiger partial charge < -0.3 is 15.0 Å². The summed E-state index contributed by atoms with van der Waals surface area (Å²) in [5.74, 6) is -0.303. The van der Waals surface area contributed by atoms with E-state index in [1.807, 2.05) is 36.4 Å². The summed E-state index contributed by atoms with van der Waals surface area (Å²) in [6.07, 6.45) is 3.44. The second kappa shape index (κ2) is 8.75. The molecule has 0 radical (unpaired) electrons. The molecule has 4 rings (SSSR count). The third-order valence-corrected chi connectivity index (χ3v) is 4.70. The van der Waals surface area contributed by atoms with E-state index < -0.39 is 5.41 Å². The number of nitrogens with zero attached hydrogens (tertiary/aromatic N) is 3. The number of rotatable bonds is 4. The van der Waals surface area contributed by atoms with E-state index in [-0.39, 0.29) is 26.9 Å². The predicted octanol–water partition coefficient (Wildman–Crippen LogP) is 5.27. The molecule has 0 spiro atoms. The molecule has 29 heavy (non-hydrogen) atoms. The van der Waals surface area contributed by atoms with Crippen molar-refractivity contribution in [2.75, 3.05) is 0 Å². The zero-order valence-electron chi connectivity index (χ0n) is 16.0. The van der Waals surface area contributed by atoms with Gasteiger partial charge in [-0.25, -0.2) is 4.39 Å². The smallest absolute Gasteiger partial charge is 0.360 e. The minimum Gasteiger partial charge on any atom is -0.360 e. The van der Waals surface area contributed by atoms with Crippen molar-refractivity contribution in [3.05, 3.63) is 102 Å². The summed E-state index contributed by atoms with van der Waals surface area (Å²) in [4.78, 5) is 13.8. The van der Waals surface area contributed by atoms with Gasteiger partial charge in [0.2, 0.25) is 0 Å². The molecule has 1 aromatic carbocycles. The quantitative estimate of drug-likeness (QED) is 0.319. The molecular weight excluding hydrogens is 544 g/mol. The van der Waals surface area contributed by atoms with E-state index in [0.717, 1.165) is 22.6 Å². The molecule has 0 aliphatic rings. The maximum absolute atomic E-state index is 13.6. The van der Waals surface area contributed by atoms with Crippen molar-refractivity contribution in [3.8, 4) is 22.5 Å². The van der Waals surface area contributed by atoms with Gasteiger partial charge >= 0.3 is 21.1 Å². The molecule has 0 amide bonds. The van der Waals surface area contributed by atoms with E-state index in [1.165, 1.54) is 12.1 Å². The first kappa shape index (κ1) is 21.0. The maximum atomic E-state index is 13.6. The van der Waals surface area contributed by atoms with Crippen LogP contribution in [0.25, 0.3) is 22.5 Å². The molecule has 0 bridgehead atoms. The molecule has 0 N–H and O–H groups in total. The SMILES string of the molecule is CC(C)(c1cccc(-c2[c-]ccnc2)n1)c1cccc(-c2[c-]ccc(F)c2)n1.[Pt+2]. The van der Waals surface area contributed by atoms with Crippen LogP contribution in [-0.2, 0) is 26.5 Å². The van der Waals surface area contributed by atoms with E-state index in [1.54, 1.807) is 24.5 Å². The number of halogens is 1. The van der Waals surface area contributed by atoms with E-state index in [4.69, 9.17) is 9.97 Å². The van der Waals surface area contributed by atoms with Crippen molar-refractivity contribution in [1.29, 1.82) is 0 Å². The molecule has 3 nitrogen and oxygen atoms in total. The third-order valence-electron chi connectivity index (χ3n) is 4.70. The minimum absolute atomic E-state index is 0. The number of aromatic nitrogens is 3. The summed E-state index contributed by atoms with van der Waals surface area (Å²) in [5, 5.41) is 0. The molecule has 0 saturated carbocycles. The second-order valence-corrected chi connectivity index (χ2v) is 7.01. The summed E-state index contributed by atoms with van der Waals surface area (Å²) in [5.41, 5.74) is 4.26. The first-order chi connectivity index (χ1) is 13.5. The van der Waals surface area contributed by atoms with Gasteiger partial charge in [-0.15, -0.1) is 47.5 Å². The Morgan fingerprint density at radius 2 is 1.45 bits per heavy atom. The van der Waals surface area contributed by atoms with Gasteiger partial charge in [-0.2, -0.15) is 0 Å². The molecule has 3 heterocycles. The second-order valence-electron chi connectivity index (χ2n) is 7.01. The zero-order chi connectivity index (χ0) is 19.6. The minimum atomic E-state index is -0.443. The molecule has 0 fully saturated rings. The first-order valence-electron chi connectivity index (χ1n) is 8.99. The fourth-order valence-electron chi connectivity index (χ4n) is 3.05. The van der Waals surface area contributed by atoms with Crippen LogP contribution in [-0.4, -0.2) is 15.0 Å². The average Bonchev–Trinajstić information content (AvgIpc) is 2.74. The van der Waals surface area contributed by atoms with Crippen LogP contribution in [0.1, 0.15) is 25.2 Å². The Hall–Kier alpha value is -2.71. The number of hydrogen-bond donors (Lipinski definition) is 0. The summed E-state index contributed by atoms with van der Waals surface area (Å²) >= 11 is 0. The van der Waals surface area contributed by atoms with Crippen molar-refractivity contribution in [2.45, 2.75) is 19.3 Å². The Kier molecular flexibility index (Phi) is 6.34. The van der Waals surface area contributed by atoms with E-state index in [2.05, 4.69) is 31.0 Å². The number of hydrogen-bond acceptors (Lipinski definition) is 3.